The van der Waals surface area contributed by atoms with E-state index in [1.807, 2.05) is 62.3 Å². The quantitative estimate of drug-likeness (QED) is 0.752. The highest BCUT2D eigenvalue weighted by molar-refractivity contribution is 6.75. The van der Waals surface area contributed by atoms with E-state index in [0.717, 1.165) is 5.19 Å². The van der Waals surface area contributed by atoms with E-state index in [-0.39, 0.29) is 16.8 Å². The first-order valence-corrected chi connectivity index (χ1v) is 10.0. The zero-order chi connectivity index (χ0) is 18.1. The zero-order valence-corrected chi connectivity index (χ0v) is 17.5. The second kappa shape index (κ2) is 6.67. The summed E-state index contributed by atoms with van der Waals surface area (Å²) < 4.78 is 19.5. The van der Waals surface area contributed by atoms with Crippen molar-refractivity contribution in [3.63, 3.8) is 0 Å². The summed E-state index contributed by atoms with van der Waals surface area (Å²) in [6.07, 6.45) is 0. The summed E-state index contributed by atoms with van der Waals surface area (Å²) >= 11 is 0. The lowest BCUT2D eigenvalue weighted by molar-refractivity contribution is -0.0655. The molecule has 0 atom stereocenters. The zero-order valence-electron chi connectivity index (χ0n) is 16.5. The predicted octanol–water partition coefficient (Wildman–Crippen LogP) is 4.59. The van der Waals surface area contributed by atoms with Crippen LogP contribution < -0.4 is 5.19 Å². The summed E-state index contributed by atoms with van der Waals surface area (Å²) in [4.78, 5) is 0. The minimum atomic E-state index is -3.10. The van der Waals surface area contributed by atoms with E-state index in [9.17, 15) is 0 Å². The molecule has 0 aliphatic heterocycles. The fraction of sp³-hybridized carbons (Fsp3) is 0.684. The van der Waals surface area contributed by atoms with Crippen molar-refractivity contribution in [2.75, 3.05) is 0 Å². The molecule has 0 N–H and O–H groups in total. The summed E-state index contributed by atoms with van der Waals surface area (Å²) in [6, 6.07) is 8.32. The molecule has 0 unspecified atom stereocenters. The van der Waals surface area contributed by atoms with Crippen LogP contribution >= 0.6 is 0 Å². The summed E-state index contributed by atoms with van der Waals surface area (Å²) in [7, 11) is -3.10. The van der Waals surface area contributed by atoms with Crippen LogP contribution in [0.2, 0.25) is 0 Å². The summed E-state index contributed by atoms with van der Waals surface area (Å²) in [5.74, 6) is 0. The van der Waals surface area contributed by atoms with Crippen molar-refractivity contribution >= 4 is 14.0 Å². The third-order valence-corrected chi connectivity index (χ3v) is 6.41. The van der Waals surface area contributed by atoms with Crippen LogP contribution in [0.15, 0.2) is 24.3 Å². The van der Waals surface area contributed by atoms with Gasteiger partial charge in [0.2, 0.25) is 0 Å². The first kappa shape index (κ1) is 20.4. The Kier molecular flexibility index (Phi) is 5.91. The second-order valence-corrected chi connectivity index (χ2v) is 11.4. The van der Waals surface area contributed by atoms with Gasteiger partial charge in [-0.1, -0.05) is 29.8 Å². The third-order valence-electron chi connectivity index (χ3n) is 2.73. The molecule has 0 saturated carbocycles. The van der Waals surface area contributed by atoms with E-state index >= 15 is 0 Å². The highest BCUT2D eigenvalue weighted by Gasteiger charge is 2.52. The van der Waals surface area contributed by atoms with Crippen LogP contribution in [0.25, 0.3) is 0 Å². The number of hydrogen-bond acceptors (Lipinski definition) is 3. The Morgan fingerprint density at radius 3 is 1.17 bits per heavy atom. The van der Waals surface area contributed by atoms with Crippen molar-refractivity contribution < 1.29 is 13.3 Å². The maximum Gasteiger partial charge on any atom is 0.538 e. The van der Waals surface area contributed by atoms with Gasteiger partial charge in [-0.15, -0.1) is 0 Å². The Morgan fingerprint density at radius 1 is 0.609 bits per heavy atom. The normalized spacial score (nSPS) is 14.2. The van der Waals surface area contributed by atoms with Crippen LogP contribution in [-0.2, 0) is 13.3 Å². The minimum Gasteiger partial charge on any atom is -0.365 e. The Labute approximate surface area is 143 Å². The van der Waals surface area contributed by atoms with Crippen LogP contribution in [0.4, 0.5) is 0 Å². The average molecular weight is 339 g/mol. The molecule has 0 aliphatic carbocycles. The molecule has 0 spiro atoms. The Bertz CT molecular complexity index is 461. The fourth-order valence-electron chi connectivity index (χ4n) is 2.21. The van der Waals surface area contributed by atoms with Crippen molar-refractivity contribution in [3.05, 3.63) is 29.8 Å². The molecule has 1 rings (SSSR count). The van der Waals surface area contributed by atoms with Gasteiger partial charge in [-0.25, -0.2) is 0 Å². The standard InChI is InChI=1S/C19H34O3Si/c1-15-11-13-16(14-12-15)23(20-17(2,3)4,21-18(5,6)7)22-19(8,9)10/h11-14H,1-10H3. The first-order valence-electron chi connectivity index (χ1n) is 8.30. The molecular weight excluding hydrogens is 304 g/mol. The summed E-state index contributed by atoms with van der Waals surface area (Å²) in [5.41, 5.74) is 0.105. The van der Waals surface area contributed by atoms with Gasteiger partial charge in [-0.05, 0) is 69.2 Å². The molecule has 0 amide bonds. The lowest BCUT2D eigenvalue weighted by Crippen LogP contribution is -2.64. The van der Waals surface area contributed by atoms with Crippen LogP contribution in [0.5, 0.6) is 0 Å². The van der Waals surface area contributed by atoms with Gasteiger partial charge in [0.05, 0.1) is 16.8 Å². The van der Waals surface area contributed by atoms with Crippen LogP contribution in [0.1, 0.15) is 67.9 Å². The number of rotatable bonds is 4. The lowest BCUT2D eigenvalue weighted by Gasteiger charge is -2.43. The van der Waals surface area contributed by atoms with Gasteiger partial charge in [-0.2, -0.15) is 0 Å². The monoisotopic (exact) mass is 338 g/mol. The average Bonchev–Trinajstić information content (AvgIpc) is 2.21. The van der Waals surface area contributed by atoms with E-state index in [1.54, 1.807) is 0 Å². The van der Waals surface area contributed by atoms with Crippen molar-refractivity contribution in [1.29, 1.82) is 0 Å². The van der Waals surface area contributed by atoms with Gasteiger partial charge in [0.15, 0.2) is 0 Å². The Hall–Kier alpha value is -0.683. The molecule has 0 heterocycles. The number of benzene rings is 1. The van der Waals surface area contributed by atoms with Crippen molar-refractivity contribution in [1.82, 2.24) is 0 Å². The molecular formula is C19H34O3Si. The van der Waals surface area contributed by atoms with Crippen LogP contribution in [0, 0.1) is 6.92 Å². The van der Waals surface area contributed by atoms with Crippen molar-refractivity contribution in [2.45, 2.75) is 86.0 Å². The fourth-order valence-corrected chi connectivity index (χ4v) is 5.68. The molecule has 23 heavy (non-hydrogen) atoms. The predicted molar refractivity (Wildman–Crippen MR) is 99.1 cm³/mol. The molecule has 0 radical (unpaired) electrons. The van der Waals surface area contributed by atoms with Gasteiger partial charge in [0, 0.05) is 5.19 Å². The lowest BCUT2D eigenvalue weighted by atomic mass is 10.2. The van der Waals surface area contributed by atoms with Crippen LogP contribution in [0.3, 0.4) is 0 Å². The minimum absolute atomic E-state index is 0.367. The number of hydrogen-bond donors (Lipinski definition) is 0. The molecule has 0 aliphatic rings. The maximum absolute atomic E-state index is 6.50. The van der Waals surface area contributed by atoms with E-state index in [1.165, 1.54) is 5.56 Å². The molecule has 4 heteroatoms. The first-order chi connectivity index (χ1) is 10.1. The van der Waals surface area contributed by atoms with Gasteiger partial charge >= 0.3 is 8.80 Å². The molecule has 1 aromatic rings. The van der Waals surface area contributed by atoms with Gasteiger partial charge in [0.25, 0.3) is 0 Å². The van der Waals surface area contributed by atoms with E-state index in [4.69, 9.17) is 13.3 Å². The summed E-state index contributed by atoms with van der Waals surface area (Å²) in [5, 5.41) is 1.00. The largest absolute Gasteiger partial charge is 0.538 e. The van der Waals surface area contributed by atoms with Gasteiger partial charge in [0.1, 0.15) is 0 Å². The molecule has 0 bridgehead atoms. The molecule has 0 saturated heterocycles. The van der Waals surface area contributed by atoms with E-state index in [0.29, 0.717) is 0 Å². The highest BCUT2D eigenvalue weighted by Crippen LogP contribution is 2.28. The van der Waals surface area contributed by atoms with Crippen molar-refractivity contribution in [2.24, 2.45) is 0 Å². The maximum atomic E-state index is 6.50. The Balaban J connectivity index is 3.46. The topological polar surface area (TPSA) is 27.7 Å². The van der Waals surface area contributed by atoms with Gasteiger partial charge in [-0.3, -0.25) is 0 Å². The molecule has 132 valence electrons. The van der Waals surface area contributed by atoms with Crippen LogP contribution in [-0.4, -0.2) is 25.6 Å². The Morgan fingerprint density at radius 2 is 0.913 bits per heavy atom. The van der Waals surface area contributed by atoms with Crippen molar-refractivity contribution in [3.8, 4) is 0 Å². The highest BCUT2D eigenvalue weighted by atomic mass is 28.4. The third kappa shape index (κ3) is 7.17. The van der Waals surface area contributed by atoms with Gasteiger partial charge < -0.3 is 13.3 Å². The smallest absolute Gasteiger partial charge is 0.365 e. The van der Waals surface area contributed by atoms with E-state index in [2.05, 4.69) is 31.2 Å². The molecule has 0 fully saturated rings. The summed E-state index contributed by atoms with van der Waals surface area (Å²) in [6.45, 7) is 20.5. The second-order valence-electron chi connectivity index (χ2n) is 9.07. The SMILES string of the molecule is Cc1ccc([Si](OC(C)(C)C)(OC(C)(C)C)OC(C)(C)C)cc1. The molecule has 0 aromatic heterocycles. The molecule has 3 nitrogen and oxygen atoms in total. The number of aryl methyl sites for hydroxylation is 1. The van der Waals surface area contributed by atoms with E-state index < -0.39 is 8.80 Å². The molecule has 1 aromatic carbocycles.